The molecule has 0 atom stereocenters. The van der Waals surface area contributed by atoms with E-state index >= 15 is 0 Å². The fourth-order valence-corrected chi connectivity index (χ4v) is 9.13. The second-order valence-corrected chi connectivity index (χ2v) is 15.2. The summed E-state index contributed by atoms with van der Waals surface area (Å²) in [7, 11) is 0. The molecule has 0 saturated heterocycles. The molecule has 0 aliphatic heterocycles. The van der Waals surface area contributed by atoms with Gasteiger partial charge in [0.1, 0.15) is 5.58 Å². The van der Waals surface area contributed by atoms with Crippen LogP contribution in [-0.4, -0.2) is 9.97 Å². The summed E-state index contributed by atoms with van der Waals surface area (Å²) >= 11 is 1.75. The smallest absolute Gasteiger partial charge is 0.160 e. The topological polar surface area (TPSA) is 42.2 Å². The highest BCUT2D eigenvalue weighted by molar-refractivity contribution is 7.26. The van der Waals surface area contributed by atoms with E-state index in [0.717, 1.165) is 82.6 Å². The largest absolute Gasteiger partial charge is 0.454 e. The van der Waals surface area contributed by atoms with E-state index in [0.29, 0.717) is 5.82 Å². The molecule has 0 aliphatic carbocycles. The third kappa shape index (κ3) is 5.76. The predicted molar refractivity (Wildman–Crippen MR) is 239 cm³/mol. The highest BCUT2D eigenvalue weighted by Crippen LogP contribution is 2.46. The van der Waals surface area contributed by atoms with Gasteiger partial charge in [0, 0.05) is 43.4 Å². The zero-order valence-corrected chi connectivity index (χ0v) is 31.5. The number of hydrogen-bond donors (Lipinski definition) is 0. The number of fused-ring (bicyclic) bond motifs is 6. The van der Waals surface area contributed by atoms with E-state index in [1.54, 1.807) is 11.3 Å². The van der Waals surface area contributed by atoms with E-state index in [1.807, 2.05) is 18.2 Å². The maximum Gasteiger partial charge on any atom is 0.160 e. The summed E-state index contributed by atoms with van der Waals surface area (Å²) in [4.78, 5) is 12.7. The van der Waals surface area contributed by atoms with Crippen LogP contribution in [0, 0.1) is 0 Å². The Morgan fingerprint density at radius 1 is 0.439 bits per heavy atom. The fourth-order valence-electron chi connectivity index (χ4n) is 7.98. The highest BCUT2D eigenvalue weighted by Gasteiger charge is 2.23. The van der Waals surface area contributed by atoms with Crippen LogP contribution in [0.25, 0.3) is 87.1 Å². The predicted octanol–water partition coefficient (Wildman–Crippen LogP) is 14.9. The molecule has 57 heavy (non-hydrogen) atoms. The van der Waals surface area contributed by atoms with Crippen LogP contribution in [0.3, 0.4) is 0 Å². The molecular formula is C52H33N3OS. The van der Waals surface area contributed by atoms with Crippen LogP contribution in [0.5, 0.6) is 0 Å². The third-order valence-corrected chi connectivity index (χ3v) is 11.9. The van der Waals surface area contributed by atoms with Crippen molar-refractivity contribution in [2.45, 2.75) is 0 Å². The molecule has 3 aromatic heterocycles. The molecule has 11 rings (SSSR count). The van der Waals surface area contributed by atoms with Gasteiger partial charge in [0.05, 0.1) is 21.6 Å². The number of para-hydroxylation sites is 2. The number of rotatable bonds is 7. The molecule has 0 unspecified atom stereocenters. The van der Waals surface area contributed by atoms with E-state index in [9.17, 15) is 0 Å². The van der Waals surface area contributed by atoms with Gasteiger partial charge < -0.3 is 9.32 Å². The van der Waals surface area contributed by atoms with Crippen molar-refractivity contribution in [2.75, 3.05) is 4.90 Å². The van der Waals surface area contributed by atoms with Crippen molar-refractivity contribution in [3.63, 3.8) is 0 Å². The lowest BCUT2D eigenvalue weighted by molar-refractivity contribution is 0.669. The first-order valence-electron chi connectivity index (χ1n) is 19.1. The van der Waals surface area contributed by atoms with Crippen molar-refractivity contribution in [3.05, 3.63) is 200 Å². The monoisotopic (exact) mass is 747 g/mol. The Hall–Kier alpha value is -7.34. The molecule has 0 saturated carbocycles. The number of thiophene rings is 1. The van der Waals surface area contributed by atoms with Crippen LogP contribution < -0.4 is 4.90 Å². The first-order chi connectivity index (χ1) is 28.3. The lowest BCUT2D eigenvalue weighted by Gasteiger charge is -2.26. The van der Waals surface area contributed by atoms with Gasteiger partial charge in [0.2, 0.25) is 0 Å². The SMILES string of the molecule is c1ccc(-c2ccc(N(c3ccccc3)c3ccc(-c4ccc(-c5nc(-c6ccccc6)c6sc7ccccc7c6n5)cc4)c4c3oc3ccccc34)cc2)cc1. The van der Waals surface area contributed by atoms with Gasteiger partial charge in [-0.05, 0) is 64.7 Å². The maximum atomic E-state index is 6.82. The summed E-state index contributed by atoms with van der Waals surface area (Å²) in [5, 5.41) is 3.30. The molecule has 11 aromatic rings. The highest BCUT2D eigenvalue weighted by atomic mass is 32.1. The molecule has 0 aliphatic rings. The van der Waals surface area contributed by atoms with E-state index in [-0.39, 0.29) is 0 Å². The maximum absolute atomic E-state index is 6.82. The fraction of sp³-hybridized carbons (Fsp3) is 0. The van der Waals surface area contributed by atoms with Crippen LogP contribution in [0.2, 0.25) is 0 Å². The number of nitrogens with zero attached hydrogens (tertiary/aromatic N) is 3. The molecule has 268 valence electrons. The standard InChI is InChI=1S/C52H33N3OS/c1-4-14-34(15-5-1)35-28-30-40(31-29-35)55(39-18-8-3-9-19-39)44-33-32-41(47-42-20-10-12-22-45(42)56-50(44)47)36-24-26-38(27-25-36)52-53-48(37-16-6-2-7-17-37)51-49(54-52)43-21-11-13-23-46(43)57-51/h1-33H. The van der Waals surface area contributed by atoms with Gasteiger partial charge in [-0.2, -0.15) is 0 Å². The Kier molecular flexibility index (Phi) is 7.97. The summed E-state index contributed by atoms with van der Waals surface area (Å²) in [6.45, 7) is 0. The normalized spacial score (nSPS) is 11.5. The Bertz CT molecular complexity index is 3210. The first-order valence-corrected chi connectivity index (χ1v) is 19.9. The number of furan rings is 1. The summed E-state index contributed by atoms with van der Waals surface area (Å²) in [5.41, 5.74) is 13.3. The molecule has 0 spiro atoms. The third-order valence-electron chi connectivity index (χ3n) is 10.7. The average Bonchev–Trinajstić information content (AvgIpc) is 3.87. The molecule has 3 heterocycles. The van der Waals surface area contributed by atoms with Crippen molar-refractivity contribution >= 4 is 70.6 Å². The molecule has 0 N–H and O–H groups in total. The Balaban J connectivity index is 1.05. The van der Waals surface area contributed by atoms with Gasteiger partial charge in [-0.25, -0.2) is 9.97 Å². The average molecular weight is 748 g/mol. The second kappa shape index (κ2) is 13.7. The Morgan fingerprint density at radius 3 is 1.77 bits per heavy atom. The summed E-state index contributed by atoms with van der Waals surface area (Å²) < 4.78 is 9.13. The summed E-state index contributed by atoms with van der Waals surface area (Å²) in [5.74, 6) is 0.711. The number of hydrogen-bond acceptors (Lipinski definition) is 5. The van der Waals surface area contributed by atoms with E-state index < -0.39 is 0 Å². The minimum atomic E-state index is 0.711. The molecule has 0 amide bonds. The molecule has 4 nitrogen and oxygen atoms in total. The van der Waals surface area contributed by atoms with Gasteiger partial charge in [-0.15, -0.1) is 11.3 Å². The van der Waals surface area contributed by atoms with Crippen LogP contribution in [0.1, 0.15) is 0 Å². The van der Waals surface area contributed by atoms with Crippen LogP contribution in [-0.2, 0) is 0 Å². The van der Waals surface area contributed by atoms with Crippen molar-refractivity contribution in [3.8, 4) is 44.9 Å². The second-order valence-electron chi connectivity index (χ2n) is 14.1. The lowest BCUT2D eigenvalue weighted by atomic mass is 9.97. The van der Waals surface area contributed by atoms with Crippen molar-refractivity contribution in [2.24, 2.45) is 0 Å². The van der Waals surface area contributed by atoms with Crippen LogP contribution in [0.15, 0.2) is 205 Å². The van der Waals surface area contributed by atoms with Gasteiger partial charge in [-0.1, -0.05) is 158 Å². The van der Waals surface area contributed by atoms with Gasteiger partial charge in [-0.3, -0.25) is 0 Å². The zero-order valence-electron chi connectivity index (χ0n) is 30.7. The first kappa shape index (κ1) is 33.0. The molecular weight excluding hydrogens is 715 g/mol. The van der Waals surface area contributed by atoms with Gasteiger partial charge >= 0.3 is 0 Å². The molecule has 0 bridgehead atoms. The van der Waals surface area contributed by atoms with Crippen molar-refractivity contribution in [1.29, 1.82) is 0 Å². The van der Waals surface area contributed by atoms with Crippen LogP contribution >= 0.6 is 11.3 Å². The molecule has 0 radical (unpaired) electrons. The molecule has 0 fully saturated rings. The molecule has 5 heteroatoms. The van der Waals surface area contributed by atoms with Gasteiger partial charge in [0.25, 0.3) is 0 Å². The van der Waals surface area contributed by atoms with E-state index in [2.05, 4.69) is 187 Å². The minimum Gasteiger partial charge on any atom is -0.454 e. The lowest BCUT2D eigenvalue weighted by Crippen LogP contribution is -2.10. The van der Waals surface area contributed by atoms with Crippen molar-refractivity contribution in [1.82, 2.24) is 9.97 Å². The number of aromatic nitrogens is 2. The minimum absolute atomic E-state index is 0.711. The molecule has 8 aromatic carbocycles. The zero-order chi connectivity index (χ0) is 37.7. The van der Waals surface area contributed by atoms with E-state index in [1.165, 1.54) is 15.8 Å². The van der Waals surface area contributed by atoms with Crippen LogP contribution in [0.4, 0.5) is 17.1 Å². The Labute approximate surface area is 333 Å². The van der Waals surface area contributed by atoms with Crippen molar-refractivity contribution < 1.29 is 4.42 Å². The number of anilines is 3. The summed E-state index contributed by atoms with van der Waals surface area (Å²) in [6, 6.07) is 70.1. The number of benzene rings is 8. The Morgan fingerprint density at radius 2 is 1.02 bits per heavy atom. The summed E-state index contributed by atoms with van der Waals surface area (Å²) in [6.07, 6.45) is 0. The quantitative estimate of drug-likeness (QED) is 0.163. The van der Waals surface area contributed by atoms with E-state index in [4.69, 9.17) is 14.4 Å². The van der Waals surface area contributed by atoms with Gasteiger partial charge in [0.15, 0.2) is 11.4 Å².